The van der Waals surface area contributed by atoms with Crippen molar-refractivity contribution < 1.29 is 14.7 Å². The molecule has 16 heavy (non-hydrogen) atoms. The van der Waals surface area contributed by atoms with E-state index in [4.69, 9.17) is 10.8 Å². The van der Waals surface area contributed by atoms with Gasteiger partial charge in [0.2, 0.25) is 5.91 Å². The number of carbonyl (C=O) groups excluding carboxylic acids is 1. The minimum absolute atomic E-state index is 0.0414. The topological polar surface area (TPSA) is 83.6 Å². The van der Waals surface area contributed by atoms with Crippen LogP contribution in [0.5, 0.6) is 0 Å². The van der Waals surface area contributed by atoms with E-state index in [2.05, 4.69) is 0 Å². The van der Waals surface area contributed by atoms with Crippen molar-refractivity contribution >= 4 is 11.9 Å². The summed E-state index contributed by atoms with van der Waals surface area (Å²) >= 11 is 0. The van der Waals surface area contributed by atoms with Gasteiger partial charge in [-0.1, -0.05) is 6.92 Å². The zero-order valence-corrected chi connectivity index (χ0v) is 10.5. The molecule has 0 aromatic rings. The summed E-state index contributed by atoms with van der Waals surface area (Å²) in [5.41, 5.74) is 5.07. The molecule has 94 valence electrons. The largest absolute Gasteiger partial charge is 0.481 e. The molecule has 1 amide bonds. The lowest BCUT2D eigenvalue weighted by molar-refractivity contribution is -0.142. The lowest BCUT2D eigenvalue weighted by Crippen LogP contribution is -2.49. The van der Waals surface area contributed by atoms with Crippen LogP contribution < -0.4 is 5.73 Å². The van der Waals surface area contributed by atoms with Gasteiger partial charge in [0, 0.05) is 24.5 Å². The van der Waals surface area contributed by atoms with Crippen LogP contribution in [-0.4, -0.2) is 40.5 Å². The van der Waals surface area contributed by atoms with Crippen LogP contribution in [0.25, 0.3) is 0 Å². The second-order valence-electron chi connectivity index (χ2n) is 4.94. The molecule has 0 fully saturated rings. The molecule has 1 unspecified atom stereocenters. The first kappa shape index (κ1) is 14.9. The van der Waals surface area contributed by atoms with Crippen LogP contribution >= 0.6 is 0 Å². The molecule has 0 aliphatic rings. The van der Waals surface area contributed by atoms with E-state index in [1.54, 1.807) is 11.8 Å². The van der Waals surface area contributed by atoms with Gasteiger partial charge in [-0.25, -0.2) is 0 Å². The van der Waals surface area contributed by atoms with Gasteiger partial charge in [-0.3, -0.25) is 9.59 Å². The van der Waals surface area contributed by atoms with Gasteiger partial charge in [-0.2, -0.15) is 0 Å². The number of rotatable bonds is 5. The molecule has 0 aliphatic carbocycles. The van der Waals surface area contributed by atoms with E-state index < -0.39 is 5.97 Å². The van der Waals surface area contributed by atoms with Crippen molar-refractivity contribution in [3.05, 3.63) is 0 Å². The summed E-state index contributed by atoms with van der Waals surface area (Å²) in [6.45, 7) is 7.91. The number of carboxylic acid groups (broad SMARTS) is 1. The first-order valence-corrected chi connectivity index (χ1v) is 5.43. The second-order valence-corrected chi connectivity index (χ2v) is 4.94. The smallest absolute Gasteiger partial charge is 0.305 e. The van der Waals surface area contributed by atoms with Gasteiger partial charge < -0.3 is 15.7 Å². The van der Waals surface area contributed by atoms with E-state index in [0.29, 0.717) is 0 Å². The van der Waals surface area contributed by atoms with Crippen LogP contribution in [0.15, 0.2) is 0 Å². The Bertz CT molecular complexity index is 258. The molecule has 0 saturated carbocycles. The van der Waals surface area contributed by atoms with Crippen LogP contribution in [0, 0.1) is 5.92 Å². The molecule has 0 saturated heterocycles. The number of amides is 1. The Morgan fingerprint density at radius 2 is 1.88 bits per heavy atom. The Hall–Kier alpha value is -1.10. The number of nitrogens with two attached hydrogens (primary N) is 1. The monoisotopic (exact) mass is 230 g/mol. The van der Waals surface area contributed by atoms with Crippen molar-refractivity contribution in [1.82, 2.24) is 4.90 Å². The third-order valence-electron chi connectivity index (χ3n) is 2.40. The van der Waals surface area contributed by atoms with Crippen LogP contribution in [-0.2, 0) is 9.59 Å². The average Bonchev–Trinajstić information content (AvgIpc) is 2.13. The van der Waals surface area contributed by atoms with Gasteiger partial charge in [0.15, 0.2) is 0 Å². The first-order valence-electron chi connectivity index (χ1n) is 5.43. The van der Waals surface area contributed by atoms with E-state index in [1.165, 1.54) is 0 Å². The van der Waals surface area contributed by atoms with Gasteiger partial charge in [0.1, 0.15) is 0 Å². The van der Waals surface area contributed by atoms with Crippen LogP contribution in [0.4, 0.5) is 0 Å². The lowest BCUT2D eigenvalue weighted by Gasteiger charge is -2.37. The molecule has 0 spiro atoms. The van der Waals surface area contributed by atoms with E-state index in [0.717, 1.165) is 0 Å². The summed E-state index contributed by atoms with van der Waals surface area (Å²) in [4.78, 5) is 24.1. The molecule has 0 bridgehead atoms. The molecular weight excluding hydrogens is 208 g/mol. The highest BCUT2D eigenvalue weighted by Crippen LogP contribution is 2.17. The molecule has 0 radical (unpaired) electrons. The highest BCUT2D eigenvalue weighted by atomic mass is 16.4. The number of hydrogen-bond acceptors (Lipinski definition) is 3. The number of nitrogens with zero attached hydrogens (tertiary/aromatic N) is 1. The molecule has 0 rings (SSSR count). The lowest BCUT2D eigenvalue weighted by atomic mass is 10.0. The Balaban J connectivity index is 4.68. The zero-order valence-electron chi connectivity index (χ0n) is 10.5. The molecule has 0 aliphatic heterocycles. The molecule has 5 heteroatoms. The normalized spacial score (nSPS) is 13.3. The highest BCUT2D eigenvalue weighted by molar-refractivity contribution is 5.80. The fourth-order valence-corrected chi connectivity index (χ4v) is 1.35. The Morgan fingerprint density at radius 1 is 1.38 bits per heavy atom. The molecule has 3 N–H and O–H groups in total. The minimum Gasteiger partial charge on any atom is -0.481 e. The summed E-state index contributed by atoms with van der Waals surface area (Å²) in [6, 6.07) is 0. The van der Waals surface area contributed by atoms with Gasteiger partial charge >= 0.3 is 5.97 Å². The summed E-state index contributed by atoms with van der Waals surface area (Å²) in [6.07, 6.45) is -0.0414. The third-order valence-corrected chi connectivity index (χ3v) is 2.40. The van der Waals surface area contributed by atoms with Crippen LogP contribution in [0.2, 0.25) is 0 Å². The highest BCUT2D eigenvalue weighted by Gasteiger charge is 2.29. The predicted octanol–water partition coefficient (Wildman–Crippen LogP) is 0.683. The Labute approximate surface area is 96.6 Å². The molecule has 5 nitrogen and oxygen atoms in total. The van der Waals surface area contributed by atoms with Crippen molar-refractivity contribution in [3.8, 4) is 0 Å². The van der Waals surface area contributed by atoms with E-state index in [9.17, 15) is 9.59 Å². The third kappa shape index (κ3) is 4.61. The standard InChI is InChI=1S/C11H22N2O3/c1-8(7-12)10(16)13(11(2,3)4)6-5-9(14)15/h8H,5-7,12H2,1-4H3,(H,14,15). The van der Waals surface area contributed by atoms with Crippen molar-refractivity contribution in [2.24, 2.45) is 11.7 Å². The average molecular weight is 230 g/mol. The van der Waals surface area contributed by atoms with Crippen LogP contribution in [0.3, 0.4) is 0 Å². The number of hydrogen-bond donors (Lipinski definition) is 2. The minimum atomic E-state index is -0.901. The van der Waals surface area contributed by atoms with Gasteiger partial charge in [-0.15, -0.1) is 0 Å². The van der Waals surface area contributed by atoms with Gasteiger partial charge in [0.25, 0.3) is 0 Å². The second kappa shape index (κ2) is 5.84. The van der Waals surface area contributed by atoms with Crippen molar-refractivity contribution in [2.75, 3.05) is 13.1 Å². The van der Waals surface area contributed by atoms with E-state index in [-0.39, 0.29) is 36.9 Å². The van der Waals surface area contributed by atoms with Gasteiger partial charge in [-0.05, 0) is 20.8 Å². The van der Waals surface area contributed by atoms with Crippen molar-refractivity contribution in [1.29, 1.82) is 0 Å². The van der Waals surface area contributed by atoms with E-state index >= 15 is 0 Å². The summed E-state index contributed by atoms with van der Waals surface area (Å²) in [5, 5.41) is 8.64. The summed E-state index contributed by atoms with van der Waals surface area (Å²) in [7, 11) is 0. The molecular formula is C11H22N2O3. The summed E-state index contributed by atoms with van der Waals surface area (Å²) < 4.78 is 0. The Morgan fingerprint density at radius 3 is 2.19 bits per heavy atom. The zero-order chi connectivity index (χ0) is 12.9. The number of aliphatic carboxylic acids is 1. The molecule has 0 aromatic carbocycles. The van der Waals surface area contributed by atoms with Gasteiger partial charge in [0.05, 0.1) is 6.42 Å². The molecule has 1 atom stereocenters. The van der Waals surface area contributed by atoms with E-state index in [1.807, 2.05) is 20.8 Å². The van der Waals surface area contributed by atoms with Crippen molar-refractivity contribution in [2.45, 2.75) is 39.7 Å². The fraction of sp³-hybridized carbons (Fsp3) is 0.818. The Kier molecular flexibility index (Phi) is 5.44. The quantitative estimate of drug-likeness (QED) is 0.727. The number of carbonyl (C=O) groups is 2. The summed E-state index contributed by atoms with van der Waals surface area (Å²) in [5.74, 6) is -1.26. The first-order chi connectivity index (χ1) is 7.20. The fourth-order valence-electron chi connectivity index (χ4n) is 1.35. The number of carboxylic acids is 1. The predicted molar refractivity (Wildman–Crippen MR) is 61.9 cm³/mol. The maximum atomic E-state index is 12.0. The SMILES string of the molecule is CC(CN)C(=O)N(CCC(=O)O)C(C)(C)C. The van der Waals surface area contributed by atoms with Crippen LogP contribution in [0.1, 0.15) is 34.1 Å². The van der Waals surface area contributed by atoms with Crippen molar-refractivity contribution in [3.63, 3.8) is 0 Å². The molecule has 0 aromatic heterocycles. The maximum absolute atomic E-state index is 12.0. The molecule has 0 heterocycles. The maximum Gasteiger partial charge on any atom is 0.305 e.